The van der Waals surface area contributed by atoms with E-state index in [1.54, 1.807) is 0 Å². The summed E-state index contributed by atoms with van der Waals surface area (Å²) in [5.41, 5.74) is -3.33. The van der Waals surface area contributed by atoms with E-state index in [9.17, 15) is 39.5 Å². The first-order valence-electron chi connectivity index (χ1n) is 16.3. The molecule has 2 saturated heterocycles. The van der Waals surface area contributed by atoms with Crippen LogP contribution in [-0.2, 0) is 23.9 Å². The summed E-state index contributed by atoms with van der Waals surface area (Å²) in [7, 11) is 0. The van der Waals surface area contributed by atoms with Gasteiger partial charge in [0.2, 0.25) is 5.79 Å². The Balaban J connectivity index is 1.11. The normalized spacial score (nSPS) is 42.2. The molecule has 2 heterocycles. The Labute approximate surface area is 266 Å². The van der Waals surface area contributed by atoms with Crippen molar-refractivity contribution >= 4 is 29.1 Å². The number of nitrogens with one attached hydrogen (secondary N) is 1. The zero-order valence-corrected chi connectivity index (χ0v) is 26.0. The lowest BCUT2D eigenvalue weighted by Gasteiger charge is -2.73. The first-order chi connectivity index (χ1) is 21.7. The number of ether oxygens (including phenoxy) is 2. The molecule has 7 fully saturated rings. The molecule has 5 aliphatic carbocycles. The first kappa shape index (κ1) is 31.1. The highest BCUT2D eigenvalue weighted by molar-refractivity contribution is 6.06. The third-order valence-corrected chi connectivity index (χ3v) is 12.6. The predicted molar refractivity (Wildman–Crippen MR) is 160 cm³/mol. The molecule has 246 valence electrons. The van der Waals surface area contributed by atoms with Crippen molar-refractivity contribution in [1.82, 2.24) is 5.32 Å². The van der Waals surface area contributed by atoms with Gasteiger partial charge in [-0.1, -0.05) is 26.5 Å². The summed E-state index contributed by atoms with van der Waals surface area (Å²) in [5.74, 6) is -6.32. The van der Waals surface area contributed by atoms with Gasteiger partial charge in [0, 0.05) is 42.0 Å². The maximum atomic E-state index is 14.3. The molecule has 7 aliphatic rings. The monoisotopic (exact) mass is 636 g/mol. The van der Waals surface area contributed by atoms with E-state index >= 15 is 0 Å². The fraction of sp³-hybridized carbons (Fsp3) is 0.647. The Morgan fingerprint density at radius 3 is 2.54 bits per heavy atom. The summed E-state index contributed by atoms with van der Waals surface area (Å²) in [6.07, 6.45) is 0.748. The van der Waals surface area contributed by atoms with E-state index in [1.807, 2.05) is 13.8 Å². The number of aliphatic hydroxyl groups excluding tert-OH is 1. The van der Waals surface area contributed by atoms with Gasteiger partial charge in [-0.25, -0.2) is 0 Å². The molecule has 8 rings (SSSR count). The Kier molecular flexibility index (Phi) is 6.94. The molecule has 5 saturated carbocycles. The Morgan fingerprint density at radius 2 is 1.85 bits per heavy atom. The number of rotatable bonds is 5. The number of fused-ring (bicyclic) bond motifs is 2. The fourth-order valence-corrected chi connectivity index (χ4v) is 10.5. The van der Waals surface area contributed by atoms with Gasteiger partial charge in [-0.3, -0.25) is 29.3 Å². The molecule has 1 amide bonds. The number of nitro benzene ring substituents is 1. The van der Waals surface area contributed by atoms with Crippen molar-refractivity contribution in [2.45, 2.75) is 89.3 Å². The lowest BCUT2D eigenvalue weighted by Crippen LogP contribution is -2.85. The van der Waals surface area contributed by atoms with Gasteiger partial charge < -0.3 is 25.0 Å². The van der Waals surface area contributed by atoms with Crippen LogP contribution >= 0.6 is 0 Å². The number of aliphatic hydroxyl groups is 2. The SMILES string of the molecule is C=C1C(=O)[C@]23[C@H](OC(=O)C4CCC(NC(=O)c5cccc([N+](=O)[O-])c5)CC4)[C@H]1CC[C@H]2[C@@]12CO[C@@]3(O)[C@@H](O)[C@@H]1C(C)(C)CCC2=O. The lowest BCUT2D eigenvalue weighted by molar-refractivity contribution is -0.437. The predicted octanol–water partition coefficient (Wildman–Crippen LogP) is 3.03. The van der Waals surface area contributed by atoms with Crippen LogP contribution in [0.5, 0.6) is 0 Å². The second kappa shape index (κ2) is 10.3. The Hall–Kier alpha value is -3.48. The van der Waals surface area contributed by atoms with Crippen molar-refractivity contribution < 1.29 is 43.8 Å². The average Bonchev–Trinajstić information content (AvgIpc) is 3.14. The van der Waals surface area contributed by atoms with Crippen LogP contribution in [0.1, 0.15) is 75.6 Å². The Morgan fingerprint density at radius 1 is 1.13 bits per heavy atom. The molecule has 0 unspecified atom stereocenters. The first-order valence-corrected chi connectivity index (χ1v) is 16.3. The van der Waals surface area contributed by atoms with Crippen LogP contribution < -0.4 is 5.32 Å². The molecule has 3 N–H and O–H groups in total. The number of carbonyl (C=O) groups excluding carboxylic acids is 4. The summed E-state index contributed by atoms with van der Waals surface area (Å²) in [6.45, 7) is 7.91. The molecule has 46 heavy (non-hydrogen) atoms. The number of benzene rings is 1. The smallest absolute Gasteiger partial charge is 0.309 e. The van der Waals surface area contributed by atoms with Crippen molar-refractivity contribution in [3.8, 4) is 0 Å². The molecule has 4 bridgehead atoms. The molecule has 8 atom stereocenters. The van der Waals surface area contributed by atoms with Gasteiger partial charge in [0.25, 0.3) is 11.6 Å². The average molecular weight is 637 g/mol. The van der Waals surface area contributed by atoms with Gasteiger partial charge in [0.15, 0.2) is 5.78 Å². The quantitative estimate of drug-likeness (QED) is 0.188. The maximum Gasteiger partial charge on any atom is 0.309 e. The van der Waals surface area contributed by atoms with Crippen LogP contribution in [0.15, 0.2) is 36.4 Å². The third-order valence-electron chi connectivity index (χ3n) is 12.6. The van der Waals surface area contributed by atoms with Crippen LogP contribution in [0.3, 0.4) is 0 Å². The van der Waals surface area contributed by atoms with Gasteiger partial charge in [0.1, 0.15) is 23.4 Å². The van der Waals surface area contributed by atoms with E-state index in [4.69, 9.17) is 9.47 Å². The summed E-state index contributed by atoms with van der Waals surface area (Å²) in [5, 5.41) is 38.2. The standard InChI is InChI=1S/C34H40N2O10/c1-17-22-11-12-23-32-16-45-34(42,27(39)25(32)31(2,3)14-13-24(32)37)33(23,26(17)38)28(22)46-30(41)18-7-9-20(10-8-18)35-29(40)19-5-4-6-21(15-19)36(43)44/h4-6,15,18,20,22-23,25,27-28,39,42H,1,7-14,16H2,2-3H3,(H,35,40)/t18?,20?,22-,23-,25+,27-,28+,32+,33-,34-/m0/s1. The number of hydrogen-bond acceptors (Lipinski definition) is 10. The van der Waals surface area contributed by atoms with Gasteiger partial charge in [-0.2, -0.15) is 0 Å². The van der Waals surface area contributed by atoms with Crippen molar-refractivity contribution in [3.05, 3.63) is 52.1 Å². The van der Waals surface area contributed by atoms with Crippen LogP contribution in [0.4, 0.5) is 5.69 Å². The number of nitrogens with zero attached hydrogens (tertiary/aromatic N) is 1. The van der Waals surface area contributed by atoms with E-state index < -0.39 is 80.5 Å². The molecule has 12 nitrogen and oxygen atoms in total. The minimum Gasteiger partial charge on any atom is -0.460 e. The van der Waals surface area contributed by atoms with Gasteiger partial charge in [-0.05, 0) is 67.9 Å². The fourth-order valence-electron chi connectivity index (χ4n) is 10.5. The second-order valence-electron chi connectivity index (χ2n) is 15.0. The van der Waals surface area contributed by atoms with E-state index in [-0.39, 0.29) is 41.7 Å². The number of non-ortho nitro benzene ring substituents is 1. The molecule has 2 spiro atoms. The van der Waals surface area contributed by atoms with Gasteiger partial charge in [-0.15, -0.1) is 0 Å². The van der Waals surface area contributed by atoms with Gasteiger partial charge >= 0.3 is 5.97 Å². The van der Waals surface area contributed by atoms with Crippen LogP contribution in [0, 0.1) is 50.0 Å². The highest BCUT2D eigenvalue weighted by Gasteiger charge is 2.88. The van der Waals surface area contributed by atoms with Crippen molar-refractivity contribution in [1.29, 1.82) is 0 Å². The summed E-state index contributed by atoms with van der Waals surface area (Å²) in [4.78, 5) is 65.3. The summed E-state index contributed by atoms with van der Waals surface area (Å²) in [6, 6.07) is 5.23. The Bertz CT molecular complexity index is 1560. The topological polar surface area (TPSA) is 182 Å². The number of hydrogen-bond donors (Lipinski definition) is 3. The molecular formula is C34H40N2O10. The number of amides is 1. The third kappa shape index (κ3) is 3.89. The van der Waals surface area contributed by atoms with Crippen LogP contribution in [0.25, 0.3) is 0 Å². The molecule has 0 aromatic heterocycles. The van der Waals surface area contributed by atoms with Crippen LogP contribution in [-0.4, -0.2) is 69.2 Å². The van der Waals surface area contributed by atoms with Crippen molar-refractivity contribution in [2.24, 2.45) is 39.9 Å². The number of carbonyl (C=O) groups is 4. The molecule has 2 aliphatic heterocycles. The zero-order chi connectivity index (χ0) is 33.0. The van der Waals surface area contributed by atoms with Crippen LogP contribution in [0.2, 0.25) is 0 Å². The van der Waals surface area contributed by atoms with E-state index in [0.29, 0.717) is 44.9 Å². The second-order valence-corrected chi connectivity index (χ2v) is 15.0. The minimum atomic E-state index is -2.35. The largest absolute Gasteiger partial charge is 0.460 e. The van der Waals surface area contributed by atoms with Crippen molar-refractivity contribution in [3.63, 3.8) is 0 Å². The summed E-state index contributed by atoms with van der Waals surface area (Å²) < 4.78 is 12.3. The summed E-state index contributed by atoms with van der Waals surface area (Å²) >= 11 is 0. The molecule has 12 heteroatoms. The highest BCUT2D eigenvalue weighted by atomic mass is 16.7. The number of esters is 1. The highest BCUT2D eigenvalue weighted by Crippen LogP contribution is 2.76. The number of nitro groups is 1. The van der Waals surface area contributed by atoms with Gasteiger partial charge in [0.05, 0.1) is 22.9 Å². The maximum absolute atomic E-state index is 14.3. The number of ketones is 2. The molecular weight excluding hydrogens is 596 g/mol. The zero-order valence-electron chi connectivity index (χ0n) is 26.0. The van der Waals surface area contributed by atoms with E-state index in [1.165, 1.54) is 24.3 Å². The molecule has 1 aromatic rings. The minimum absolute atomic E-state index is 0.0821. The lowest BCUT2D eigenvalue weighted by atomic mass is 9.36. The molecule has 0 radical (unpaired) electrons. The molecule has 1 aromatic carbocycles. The number of Topliss-reactive ketones (excluding diaryl/α,β-unsaturated/α-hetero) is 2. The van der Waals surface area contributed by atoms with E-state index in [2.05, 4.69) is 11.9 Å². The van der Waals surface area contributed by atoms with E-state index in [0.717, 1.165) is 0 Å². The van der Waals surface area contributed by atoms with Crippen molar-refractivity contribution in [2.75, 3.05) is 6.61 Å².